The van der Waals surface area contributed by atoms with E-state index in [-0.39, 0.29) is 25.2 Å². The zero-order valence-electron chi connectivity index (χ0n) is 24.7. The summed E-state index contributed by atoms with van der Waals surface area (Å²) in [4.78, 5) is 40.4. The molecule has 0 aromatic rings. The van der Waals surface area contributed by atoms with Gasteiger partial charge in [0.25, 0.3) is 0 Å². The maximum absolute atomic E-state index is 13.5. The molecule has 0 bridgehead atoms. The minimum absolute atomic E-state index is 0.0385. The molecule has 38 heavy (non-hydrogen) atoms. The maximum Gasteiger partial charge on any atom is 0.420 e. The van der Waals surface area contributed by atoms with Gasteiger partial charge in [-0.1, -0.05) is 33.1 Å². The van der Waals surface area contributed by atoms with E-state index in [0.29, 0.717) is 11.5 Å². The Balaban J connectivity index is 2.35. The van der Waals surface area contributed by atoms with Gasteiger partial charge in [0.2, 0.25) is 0 Å². The van der Waals surface area contributed by atoms with Crippen molar-refractivity contribution in [3.05, 3.63) is 0 Å². The number of imide groups is 1. The first-order valence-electron chi connectivity index (χ1n) is 13.9. The summed E-state index contributed by atoms with van der Waals surface area (Å²) >= 11 is 0. The fourth-order valence-electron chi connectivity index (χ4n) is 4.30. The van der Waals surface area contributed by atoms with Crippen molar-refractivity contribution in [2.45, 2.75) is 136 Å². The van der Waals surface area contributed by atoms with Crippen molar-refractivity contribution in [1.29, 1.82) is 0 Å². The van der Waals surface area contributed by atoms with E-state index in [1.165, 1.54) is 6.42 Å². The maximum atomic E-state index is 13.5. The van der Waals surface area contributed by atoms with Gasteiger partial charge in [-0.3, -0.25) is 0 Å². The summed E-state index contributed by atoms with van der Waals surface area (Å²) in [7, 11) is 0. The predicted octanol–water partition coefficient (Wildman–Crippen LogP) is 5.25. The molecule has 1 saturated heterocycles. The molecular weight excluding hydrogens is 494 g/mol. The van der Waals surface area contributed by atoms with Crippen molar-refractivity contribution in [2.75, 3.05) is 19.8 Å². The molecule has 0 unspecified atom stereocenters. The Morgan fingerprint density at radius 2 is 1.50 bits per heavy atom. The van der Waals surface area contributed by atoms with Gasteiger partial charge in [0.05, 0.1) is 19.3 Å². The van der Waals surface area contributed by atoms with E-state index in [9.17, 15) is 14.4 Å². The zero-order chi connectivity index (χ0) is 28.7. The third kappa shape index (κ3) is 10.7. The standard InChI is InChI=1S/C28H49NO9/c1-18(2)15-34-22-17-33-16-21(24(30)35-19(3)23(22)36-20-13-11-10-12-14-20)29(25(31)37-27(4,5)6)26(32)38-28(7,8)9/h18-23H,10-17H2,1-9H3/t19-,21-,22-,23-/m0/s1. The summed E-state index contributed by atoms with van der Waals surface area (Å²) < 4.78 is 35.3. The van der Waals surface area contributed by atoms with E-state index in [0.717, 1.165) is 25.7 Å². The second-order valence-electron chi connectivity index (χ2n) is 12.7. The van der Waals surface area contributed by atoms with E-state index < -0.39 is 53.7 Å². The lowest BCUT2D eigenvalue weighted by molar-refractivity contribution is -0.181. The first kappa shape index (κ1) is 32.3. The Morgan fingerprint density at radius 1 is 0.947 bits per heavy atom. The lowest BCUT2D eigenvalue weighted by Crippen LogP contribution is -2.54. The highest BCUT2D eigenvalue weighted by molar-refractivity contribution is 5.94. The van der Waals surface area contributed by atoms with Crippen LogP contribution in [0.1, 0.15) is 94.4 Å². The van der Waals surface area contributed by atoms with Crippen molar-refractivity contribution in [1.82, 2.24) is 4.90 Å². The van der Waals surface area contributed by atoms with E-state index >= 15 is 0 Å². The van der Waals surface area contributed by atoms with Crippen molar-refractivity contribution in [3.63, 3.8) is 0 Å². The number of carbonyl (C=O) groups is 3. The smallest absolute Gasteiger partial charge is 0.420 e. The summed E-state index contributed by atoms with van der Waals surface area (Å²) in [6, 6.07) is -1.42. The van der Waals surface area contributed by atoms with Gasteiger partial charge in [-0.25, -0.2) is 14.4 Å². The molecule has 0 spiro atoms. The van der Waals surface area contributed by atoms with Crippen LogP contribution in [0.25, 0.3) is 0 Å². The third-order valence-corrected chi connectivity index (χ3v) is 6.00. The largest absolute Gasteiger partial charge is 0.458 e. The molecule has 1 aliphatic carbocycles. The van der Waals surface area contributed by atoms with E-state index in [4.69, 9.17) is 28.4 Å². The molecule has 0 N–H and O–H groups in total. The molecule has 4 atom stereocenters. The topological polar surface area (TPSA) is 110 Å². The number of rotatable bonds is 6. The van der Waals surface area contributed by atoms with Gasteiger partial charge >= 0.3 is 18.2 Å². The first-order chi connectivity index (χ1) is 17.6. The number of nitrogens with zero attached hydrogens (tertiary/aromatic N) is 1. The van der Waals surface area contributed by atoms with Crippen LogP contribution >= 0.6 is 0 Å². The SMILES string of the molecule is CC(C)CO[C@H]1COC[C@H](N(C(=O)OC(C)(C)C)C(=O)OC(C)(C)C)C(=O)O[C@@H](C)[C@@H]1OC1CCCCC1. The Bertz CT molecular complexity index is 752. The minimum atomic E-state index is -1.42. The van der Waals surface area contributed by atoms with E-state index in [2.05, 4.69) is 0 Å². The average molecular weight is 544 g/mol. The second-order valence-corrected chi connectivity index (χ2v) is 12.7. The number of hydrogen-bond donors (Lipinski definition) is 0. The van der Waals surface area contributed by atoms with Crippen LogP contribution in [-0.4, -0.2) is 84.5 Å². The normalized spacial score (nSPS) is 26.1. The van der Waals surface area contributed by atoms with Crippen LogP contribution in [-0.2, 0) is 33.2 Å². The molecule has 2 aliphatic rings. The van der Waals surface area contributed by atoms with Crippen molar-refractivity contribution in [3.8, 4) is 0 Å². The highest BCUT2D eigenvalue weighted by Gasteiger charge is 2.44. The number of carbonyl (C=O) groups excluding carboxylic acids is 3. The molecule has 2 fully saturated rings. The van der Waals surface area contributed by atoms with Crippen molar-refractivity contribution < 1.29 is 42.8 Å². The number of hydrogen-bond acceptors (Lipinski definition) is 9. The lowest BCUT2D eigenvalue weighted by atomic mass is 9.97. The Labute approximate surface area is 228 Å². The highest BCUT2D eigenvalue weighted by atomic mass is 16.6. The van der Waals surface area contributed by atoms with Crippen LogP contribution in [0, 0.1) is 5.92 Å². The van der Waals surface area contributed by atoms with Crippen LogP contribution in [0.4, 0.5) is 9.59 Å². The van der Waals surface area contributed by atoms with Gasteiger partial charge in [-0.15, -0.1) is 0 Å². The Kier molecular flexibility index (Phi) is 11.8. The average Bonchev–Trinajstić information content (AvgIpc) is 2.81. The first-order valence-corrected chi connectivity index (χ1v) is 13.9. The fraction of sp³-hybridized carbons (Fsp3) is 0.893. The number of esters is 1. The van der Waals surface area contributed by atoms with Crippen LogP contribution in [0.5, 0.6) is 0 Å². The summed E-state index contributed by atoms with van der Waals surface area (Å²) in [5.41, 5.74) is -1.83. The minimum Gasteiger partial charge on any atom is -0.458 e. The van der Waals surface area contributed by atoms with E-state index in [1.54, 1.807) is 48.5 Å². The summed E-state index contributed by atoms with van der Waals surface area (Å²) in [5.74, 6) is -0.533. The van der Waals surface area contributed by atoms with Gasteiger partial charge in [0.15, 0.2) is 6.04 Å². The lowest BCUT2D eigenvalue weighted by Gasteiger charge is -2.35. The van der Waals surface area contributed by atoms with Crippen molar-refractivity contribution >= 4 is 18.2 Å². The molecule has 1 heterocycles. The van der Waals surface area contributed by atoms with Gasteiger partial charge < -0.3 is 28.4 Å². The molecule has 2 amide bonds. The molecule has 1 saturated carbocycles. The molecule has 10 nitrogen and oxygen atoms in total. The number of ether oxygens (including phenoxy) is 6. The van der Waals surface area contributed by atoms with Gasteiger partial charge in [-0.05, 0) is 67.2 Å². The van der Waals surface area contributed by atoms with Crippen molar-refractivity contribution in [2.24, 2.45) is 5.92 Å². The fourth-order valence-corrected chi connectivity index (χ4v) is 4.30. The quantitative estimate of drug-likeness (QED) is 0.328. The summed E-state index contributed by atoms with van der Waals surface area (Å²) in [5, 5.41) is 0. The monoisotopic (exact) mass is 543 g/mol. The molecule has 0 radical (unpaired) electrons. The molecular formula is C28H49NO9. The number of amides is 2. The molecule has 10 heteroatoms. The van der Waals surface area contributed by atoms with Crippen LogP contribution in [0.2, 0.25) is 0 Å². The Morgan fingerprint density at radius 3 is 2.00 bits per heavy atom. The van der Waals surface area contributed by atoms with Gasteiger partial charge in [0.1, 0.15) is 29.5 Å². The molecule has 2 rings (SSSR count). The van der Waals surface area contributed by atoms with E-state index in [1.807, 2.05) is 13.8 Å². The summed E-state index contributed by atoms with van der Waals surface area (Å²) in [6.45, 7) is 16.1. The van der Waals surface area contributed by atoms with Gasteiger partial charge in [0, 0.05) is 6.61 Å². The third-order valence-electron chi connectivity index (χ3n) is 6.00. The zero-order valence-corrected chi connectivity index (χ0v) is 24.7. The van der Waals surface area contributed by atoms with Gasteiger partial charge in [-0.2, -0.15) is 4.90 Å². The molecule has 220 valence electrons. The number of cyclic esters (lactones) is 1. The van der Waals surface area contributed by atoms with Crippen LogP contribution in [0.3, 0.4) is 0 Å². The van der Waals surface area contributed by atoms with Crippen LogP contribution < -0.4 is 0 Å². The molecule has 1 aliphatic heterocycles. The Hall–Kier alpha value is -1.91. The predicted molar refractivity (Wildman–Crippen MR) is 141 cm³/mol. The highest BCUT2D eigenvalue weighted by Crippen LogP contribution is 2.27. The van der Waals surface area contributed by atoms with Crippen LogP contribution in [0.15, 0.2) is 0 Å². The molecule has 0 aromatic carbocycles. The molecule has 0 aromatic heterocycles. The summed E-state index contributed by atoms with van der Waals surface area (Å²) in [6.07, 6.45) is 1.42. The second kappa shape index (κ2) is 13.9.